The van der Waals surface area contributed by atoms with E-state index in [0.717, 1.165) is 22.0 Å². The van der Waals surface area contributed by atoms with E-state index >= 15 is 0 Å². The van der Waals surface area contributed by atoms with E-state index in [1.54, 1.807) is 18.3 Å². The number of hydrogen-bond donors (Lipinski definition) is 0. The molecular weight excluding hydrogens is 356 g/mol. The van der Waals surface area contributed by atoms with E-state index in [4.69, 9.17) is 5.26 Å². The molecule has 0 N–H and O–H groups in total. The van der Waals surface area contributed by atoms with Crippen LogP contribution >= 0.6 is 11.3 Å². The van der Waals surface area contributed by atoms with Crippen molar-refractivity contribution in [2.45, 2.75) is 33.4 Å². The van der Waals surface area contributed by atoms with Crippen molar-refractivity contribution in [3.63, 3.8) is 0 Å². The maximum absolute atomic E-state index is 13.2. The van der Waals surface area contributed by atoms with Gasteiger partial charge in [-0.1, -0.05) is 18.2 Å². The van der Waals surface area contributed by atoms with Crippen molar-refractivity contribution in [3.05, 3.63) is 70.4 Å². The van der Waals surface area contributed by atoms with Gasteiger partial charge in [-0.05, 0) is 50.6 Å². The lowest BCUT2D eigenvalue weighted by Crippen LogP contribution is -2.36. The summed E-state index contributed by atoms with van der Waals surface area (Å²) < 4.78 is 0. The number of aryl methyl sites for hydroxylation is 1. The van der Waals surface area contributed by atoms with Gasteiger partial charge >= 0.3 is 0 Å². The quantitative estimate of drug-likeness (QED) is 0.660. The second-order valence-electron chi connectivity index (χ2n) is 6.48. The van der Waals surface area contributed by atoms with Crippen molar-refractivity contribution in [2.24, 2.45) is 0 Å². The maximum Gasteiger partial charge on any atom is 0.266 e. The molecule has 5 nitrogen and oxygen atoms in total. The molecule has 0 aliphatic heterocycles. The lowest BCUT2D eigenvalue weighted by atomic mass is 10.1. The number of nitrogens with zero attached hydrogens (tertiary/aromatic N) is 4. The Balaban J connectivity index is 1.87. The Labute approximate surface area is 162 Å². The van der Waals surface area contributed by atoms with Gasteiger partial charge in [-0.15, -0.1) is 11.3 Å². The summed E-state index contributed by atoms with van der Waals surface area (Å²) in [5, 5.41) is 9.69. The van der Waals surface area contributed by atoms with Gasteiger partial charge in [-0.25, -0.2) is 4.98 Å². The summed E-state index contributed by atoms with van der Waals surface area (Å²) in [5.74, 6) is -0.0356. The van der Waals surface area contributed by atoms with Gasteiger partial charge in [0.1, 0.15) is 9.88 Å². The van der Waals surface area contributed by atoms with Gasteiger partial charge < -0.3 is 4.90 Å². The summed E-state index contributed by atoms with van der Waals surface area (Å²) in [7, 11) is 0. The van der Waals surface area contributed by atoms with E-state index in [2.05, 4.69) is 16.0 Å². The first-order chi connectivity index (χ1) is 13.0. The minimum atomic E-state index is -0.0356. The smallest absolute Gasteiger partial charge is 0.266 e. The van der Waals surface area contributed by atoms with Gasteiger partial charge in [0.2, 0.25) is 0 Å². The molecule has 0 fully saturated rings. The Morgan fingerprint density at radius 3 is 2.56 bits per heavy atom. The molecule has 2 heterocycles. The van der Waals surface area contributed by atoms with Crippen LogP contribution in [0.4, 0.5) is 0 Å². The van der Waals surface area contributed by atoms with Gasteiger partial charge in [-0.3, -0.25) is 9.78 Å². The molecule has 0 atom stereocenters. The molecule has 0 spiro atoms. The highest BCUT2D eigenvalue weighted by Crippen LogP contribution is 2.28. The highest BCUT2D eigenvalue weighted by atomic mass is 32.1. The number of rotatable bonds is 5. The van der Waals surface area contributed by atoms with Crippen molar-refractivity contribution >= 4 is 17.2 Å². The Hall–Kier alpha value is -3.04. The van der Waals surface area contributed by atoms with Crippen LogP contribution in [0.25, 0.3) is 10.7 Å². The second-order valence-corrected chi connectivity index (χ2v) is 7.48. The molecule has 27 heavy (non-hydrogen) atoms. The molecule has 6 heteroatoms. The van der Waals surface area contributed by atoms with E-state index < -0.39 is 0 Å². The normalized spacial score (nSPS) is 10.6. The van der Waals surface area contributed by atoms with Crippen LogP contribution in [0.2, 0.25) is 0 Å². The third-order valence-electron chi connectivity index (χ3n) is 4.20. The number of aromatic nitrogens is 2. The number of amides is 1. The Bertz CT molecular complexity index is 972. The predicted molar refractivity (Wildman–Crippen MR) is 106 cm³/mol. The van der Waals surface area contributed by atoms with E-state index in [0.29, 0.717) is 17.0 Å². The standard InChI is InChI=1S/C21H20N4OS/c1-14(2)25(13-17-9-7-16(12-22)8-10-17)21(26)19-15(3)24-20(27-19)18-6-4-5-11-23-18/h4-11,14H,13H2,1-3H3. The number of nitriles is 1. The van der Waals surface area contributed by atoms with Crippen LogP contribution in [0.1, 0.15) is 40.3 Å². The molecule has 0 radical (unpaired) electrons. The first kappa shape index (κ1) is 18.7. The number of thiazole rings is 1. The topological polar surface area (TPSA) is 69.9 Å². The van der Waals surface area contributed by atoms with Gasteiger partial charge in [0, 0.05) is 18.8 Å². The molecule has 1 aromatic carbocycles. The van der Waals surface area contributed by atoms with E-state index in [-0.39, 0.29) is 11.9 Å². The zero-order chi connectivity index (χ0) is 19.4. The van der Waals surface area contributed by atoms with Crippen molar-refractivity contribution in [3.8, 4) is 16.8 Å². The van der Waals surface area contributed by atoms with Crippen LogP contribution in [-0.2, 0) is 6.54 Å². The van der Waals surface area contributed by atoms with E-state index in [9.17, 15) is 4.79 Å². The summed E-state index contributed by atoms with van der Waals surface area (Å²) in [6.07, 6.45) is 1.72. The molecule has 0 bridgehead atoms. The monoisotopic (exact) mass is 376 g/mol. The molecule has 0 aliphatic carbocycles. The Morgan fingerprint density at radius 1 is 1.22 bits per heavy atom. The zero-order valence-electron chi connectivity index (χ0n) is 15.5. The molecule has 0 aliphatic rings. The van der Waals surface area contributed by atoms with E-state index in [1.807, 2.05) is 56.0 Å². The van der Waals surface area contributed by atoms with Crippen molar-refractivity contribution in [2.75, 3.05) is 0 Å². The van der Waals surface area contributed by atoms with Crippen LogP contribution in [0.15, 0.2) is 48.7 Å². The molecule has 3 rings (SSSR count). The largest absolute Gasteiger partial charge is 0.331 e. The van der Waals surface area contributed by atoms with Crippen molar-refractivity contribution < 1.29 is 4.79 Å². The molecular formula is C21H20N4OS. The fraction of sp³-hybridized carbons (Fsp3) is 0.238. The molecule has 2 aromatic heterocycles. The van der Waals surface area contributed by atoms with Crippen LogP contribution in [-0.4, -0.2) is 26.8 Å². The molecule has 3 aromatic rings. The van der Waals surface area contributed by atoms with Gasteiger partial charge in [0.15, 0.2) is 0 Å². The third-order valence-corrected chi connectivity index (χ3v) is 5.36. The van der Waals surface area contributed by atoms with Crippen LogP contribution in [0.3, 0.4) is 0 Å². The molecule has 0 saturated heterocycles. The predicted octanol–water partition coefficient (Wildman–Crippen LogP) is 4.44. The van der Waals surface area contributed by atoms with E-state index in [1.165, 1.54) is 11.3 Å². The summed E-state index contributed by atoms with van der Waals surface area (Å²) >= 11 is 1.38. The summed E-state index contributed by atoms with van der Waals surface area (Å²) in [6.45, 7) is 6.34. The Kier molecular flexibility index (Phi) is 5.63. The van der Waals surface area contributed by atoms with Gasteiger partial charge in [-0.2, -0.15) is 5.26 Å². The lowest BCUT2D eigenvalue weighted by Gasteiger charge is -2.26. The Morgan fingerprint density at radius 2 is 1.96 bits per heavy atom. The second kappa shape index (κ2) is 8.11. The van der Waals surface area contributed by atoms with Crippen LogP contribution < -0.4 is 0 Å². The average molecular weight is 376 g/mol. The number of hydrogen-bond acceptors (Lipinski definition) is 5. The zero-order valence-corrected chi connectivity index (χ0v) is 16.3. The third kappa shape index (κ3) is 4.21. The summed E-state index contributed by atoms with van der Waals surface area (Å²) in [5.41, 5.74) is 3.09. The molecule has 0 saturated carbocycles. The summed E-state index contributed by atoms with van der Waals surface area (Å²) in [4.78, 5) is 24.5. The number of pyridine rings is 1. The van der Waals surface area contributed by atoms with Crippen molar-refractivity contribution in [1.82, 2.24) is 14.9 Å². The molecule has 136 valence electrons. The van der Waals surface area contributed by atoms with Crippen LogP contribution in [0.5, 0.6) is 0 Å². The van der Waals surface area contributed by atoms with Gasteiger partial charge in [0.05, 0.1) is 23.0 Å². The lowest BCUT2D eigenvalue weighted by molar-refractivity contribution is 0.0694. The highest BCUT2D eigenvalue weighted by Gasteiger charge is 2.24. The average Bonchev–Trinajstić information content (AvgIpc) is 3.08. The number of carbonyl (C=O) groups is 1. The number of benzene rings is 1. The fourth-order valence-corrected chi connectivity index (χ4v) is 3.69. The first-order valence-corrected chi connectivity index (χ1v) is 9.50. The molecule has 1 amide bonds. The van der Waals surface area contributed by atoms with Gasteiger partial charge in [0.25, 0.3) is 5.91 Å². The minimum absolute atomic E-state index is 0.0351. The number of carbonyl (C=O) groups excluding carboxylic acids is 1. The molecule has 0 unspecified atom stereocenters. The highest BCUT2D eigenvalue weighted by molar-refractivity contribution is 7.17. The summed E-state index contributed by atoms with van der Waals surface area (Å²) in [6, 6.07) is 15.1. The SMILES string of the molecule is Cc1nc(-c2ccccn2)sc1C(=O)N(Cc1ccc(C#N)cc1)C(C)C. The fourth-order valence-electron chi connectivity index (χ4n) is 2.69. The minimum Gasteiger partial charge on any atom is -0.331 e. The first-order valence-electron chi connectivity index (χ1n) is 8.68. The van der Waals surface area contributed by atoms with Crippen LogP contribution in [0, 0.1) is 18.3 Å². The van der Waals surface area contributed by atoms with Crippen molar-refractivity contribution in [1.29, 1.82) is 5.26 Å². The maximum atomic E-state index is 13.2.